The fourth-order valence-electron chi connectivity index (χ4n) is 2.22. The van der Waals surface area contributed by atoms with Crippen LogP contribution in [0.25, 0.3) is 0 Å². The molecule has 1 amide bonds. The van der Waals surface area contributed by atoms with Crippen molar-refractivity contribution in [3.63, 3.8) is 0 Å². The van der Waals surface area contributed by atoms with Crippen LogP contribution in [0.15, 0.2) is 35.7 Å². The molecule has 0 aliphatic heterocycles. The molecule has 0 spiro atoms. The Morgan fingerprint density at radius 1 is 1.48 bits per heavy atom. The predicted octanol–water partition coefficient (Wildman–Crippen LogP) is 3.13. The van der Waals surface area contributed by atoms with Crippen molar-refractivity contribution in [3.05, 3.63) is 30.6 Å². The lowest BCUT2D eigenvalue weighted by molar-refractivity contribution is -0.115. The van der Waals surface area contributed by atoms with Crippen molar-refractivity contribution < 1.29 is 9.53 Å². The molecule has 122 valence electrons. The molecule has 3 rings (SSSR count). The van der Waals surface area contributed by atoms with Gasteiger partial charge in [0.2, 0.25) is 5.91 Å². The maximum Gasteiger partial charge on any atom is 0.237 e. The molecular formula is C16H20N4O2S. The highest BCUT2D eigenvalue weighted by Crippen LogP contribution is 2.38. The van der Waals surface area contributed by atoms with Crippen molar-refractivity contribution in [2.45, 2.75) is 43.1 Å². The molecule has 1 aliphatic rings. The molecule has 7 heteroatoms. The number of ether oxygens (including phenoxy) is 1. The van der Waals surface area contributed by atoms with E-state index in [1.54, 1.807) is 6.33 Å². The average molecular weight is 332 g/mol. The van der Waals surface area contributed by atoms with E-state index in [2.05, 4.69) is 20.1 Å². The van der Waals surface area contributed by atoms with Crippen molar-refractivity contribution >= 4 is 23.4 Å². The molecule has 0 radical (unpaired) electrons. The van der Waals surface area contributed by atoms with Gasteiger partial charge in [-0.3, -0.25) is 4.79 Å². The molecule has 1 atom stereocenters. The van der Waals surface area contributed by atoms with Gasteiger partial charge in [0.05, 0.1) is 17.5 Å². The van der Waals surface area contributed by atoms with E-state index in [0.717, 1.165) is 18.0 Å². The molecular weight excluding hydrogens is 312 g/mol. The number of para-hydroxylation sites is 2. The minimum absolute atomic E-state index is 0.0764. The Labute approximate surface area is 139 Å². The van der Waals surface area contributed by atoms with Gasteiger partial charge in [0.1, 0.15) is 12.1 Å². The second-order valence-electron chi connectivity index (χ2n) is 5.43. The Morgan fingerprint density at radius 2 is 2.26 bits per heavy atom. The standard InChI is InChI=1S/C16H20N4O2S/c1-3-22-14-7-5-4-6-13(14)18-15(21)11(2)23-16-19-17-10-20(16)12-8-9-12/h4-7,10-12H,3,8-9H2,1-2H3,(H,18,21). The highest BCUT2D eigenvalue weighted by Gasteiger charge is 2.28. The lowest BCUT2D eigenvalue weighted by Gasteiger charge is -2.14. The van der Waals surface area contributed by atoms with Crippen LogP contribution in [0.5, 0.6) is 5.75 Å². The Kier molecular flexibility index (Phi) is 4.85. The third-order valence-corrected chi connectivity index (χ3v) is 4.65. The van der Waals surface area contributed by atoms with E-state index < -0.39 is 0 Å². The molecule has 0 saturated heterocycles. The van der Waals surface area contributed by atoms with Gasteiger partial charge in [-0.05, 0) is 38.8 Å². The van der Waals surface area contributed by atoms with E-state index in [4.69, 9.17) is 4.74 Å². The van der Waals surface area contributed by atoms with E-state index in [1.165, 1.54) is 11.8 Å². The van der Waals surface area contributed by atoms with Gasteiger partial charge in [-0.15, -0.1) is 10.2 Å². The molecule has 2 aromatic rings. The highest BCUT2D eigenvalue weighted by molar-refractivity contribution is 8.00. The van der Waals surface area contributed by atoms with Crippen molar-refractivity contribution in [2.75, 3.05) is 11.9 Å². The topological polar surface area (TPSA) is 69.0 Å². The SMILES string of the molecule is CCOc1ccccc1NC(=O)C(C)Sc1nncn1C1CC1. The molecule has 1 fully saturated rings. The third kappa shape index (κ3) is 3.85. The molecule has 23 heavy (non-hydrogen) atoms. The zero-order chi connectivity index (χ0) is 16.2. The molecule has 1 aliphatic carbocycles. The van der Waals surface area contributed by atoms with Gasteiger partial charge in [0.15, 0.2) is 5.16 Å². The number of hydrogen-bond acceptors (Lipinski definition) is 5. The number of carbonyl (C=O) groups is 1. The quantitative estimate of drug-likeness (QED) is 0.789. The smallest absolute Gasteiger partial charge is 0.237 e. The Bertz CT molecular complexity index is 684. The summed E-state index contributed by atoms with van der Waals surface area (Å²) < 4.78 is 7.59. The van der Waals surface area contributed by atoms with Crippen LogP contribution in [0.1, 0.15) is 32.7 Å². The Hall–Kier alpha value is -2.02. The number of rotatable bonds is 7. The van der Waals surface area contributed by atoms with Crippen LogP contribution in [0, 0.1) is 0 Å². The average Bonchev–Trinajstić information content (AvgIpc) is 3.29. The summed E-state index contributed by atoms with van der Waals surface area (Å²) in [5.41, 5.74) is 0.690. The van der Waals surface area contributed by atoms with Gasteiger partial charge in [-0.1, -0.05) is 23.9 Å². The van der Waals surface area contributed by atoms with Crippen molar-refractivity contribution in [1.82, 2.24) is 14.8 Å². The number of nitrogens with zero attached hydrogens (tertiary/aromatic N) is 3. The number of carbonyl (C=O) groups excluding carboxylic acids is 1. The van der Waals surface area contributed by atoms with Gasteiger partial charge >= 0.3 is 0 Å². The van der Waals surface area contributed by atoms with Gasteiger partial charge in [-0.25, -0.2) is 0 Å². The van der Waals surface area contributed by atoms with Crippen LogP contribution < -0.4 is 10.1 Å². The summed E-state index contributed by atoms with van der Waals surface area (Å²) in [6.07, 6.45) is 4.07. The lowest BCUT2D eigenvalue weighted by atomic mass is 10.3. The first-order valence-corrected chi connectivity index (χ1v) is 8.66. The summed E-state index contributed by atoms with van der Waals surface area (Å²) in [5, 5.41) is 11.5. The predicted molar refractivity (Wildman–Crippen MR) is 89.9 cm³/mol. The zero-order valence-corrected chi connectivity index (χ0v) is 14.0. The van der Waals surface area contributed by atoms with Crippen LogP contribution in [0.3, 0.4) is 0 Å². The number of nitrogens with one attached hydrogen (secondary N) is 1. The summed E-state index contributed by atoms with van der Waals surface area (Å²) in [6, 6.07) is 7.95. The minimum atomic E-state index is -0.272. The summed E-state index contributed by atoms with van der Waals surface area (Å²) in [7, 11) is 0. The van der Waals surface area contributed by atoms with Crippen molar-refractivity contribution in [2.24, 2.45) is 0 Å². The first kappa shape index (κ1) is 15.9. The maximum absolute atomic E-state index is 12.4. The summed E-state index contributed by atoms with van der Waals surface area (Å²) in [5.74, 6) is 0.606. The summed E-state index contributed by atoms with van der Waals surface area (Å²) >= 11 is 1.43. The van der Waals surface area contributed by atoms with Crippen LogP contribution in [-0.4, -0.2) is 32.5 Å². The van der Waals surface area contributed by atoms with Crippen molar-refractivity contribution in [3.8, 4) is 5.75 Å². The fraction of sp³-hybridized carbons (Fsp3) is 0.438. The van der Waals surface area contributed by atoms with Gasteiger partial charge < -0.3 is 14.6 Å². The minimum Gasteiger partial charge on any atom is -0.492 e. The van der Waals surface area contributed by atoms with Gasteiger partial charge in [0.25, 0.3) is 0 Å². The van der Waals surface area contributed by atoms with E-state index in [1.807, 2.05) is 38.1 Å². The lowest BCUT2D eigenvalue weighted by Crippen LogP contribution is -2.23. The van der Waals surface area contributed by atoms with Gasteiger partial charge in [0, 0.05) is 6.04 Å². The number of anilines is 1. The monoisotopic (exact) mass is 332 g/mol. The first-order valence-electron chi connectivity index (χ1n) is 7.78. The molecule has 1 aromatic carbocycles. The zero-order valence-electron chi connectivity index (χ0n) is 13.2. The molecule has 0 bridgehead atoms. The molecule has 1 aromatic heterocycles. The molecule has 1 saturated carbocycles. The van der Waals surface area contributed by atoms with Crippen LogP contribution in [0.2, 0.25) is 0 Å². The molecule has 1 N–H and O–H groups in total. The maximum atomic E-state index is 12.4. The Morgan fingerprint density at radius 3 is 3.00 bits per heavy atom. The second kappa shape index (κ2) is 7.04. The largest absolute Gasteiger partial charge is 0.492 e. The van der Waals surface area contributed by atoms with E-state index in [9.17, 15) is 4.79 Å². The number of aromatic nitrogens is 3. The first-order chi connectivity index (χ1) is 11.2. The third-order valence-electron chi connectivity index (χ3n) is 3.58. The molecule has 1 unspecified atom stereocenters. The summed E-state index contributed by atoms with van der Waals surface area (Å²) in [4.78, 5) is 12.4. The summed E-state index contributed by atoms with van der Waals surface area (Å²) in [6.45, 7) is 4.35. The number of thioether (sulfide) groups is 1. The number of hydrogen-bond donors (Lipinski definition) is 1. The van der Waals surface area contributed by atoms with Crippen LogP contribution in [-0.2, 0) is 4.79 Å². The number of amides is 1. The number of benzene rings is 1. The van der Waals surface area contributed by atoms with E-state index in [0.29, 0.717) is 24.1 Å². The van der Waals surface area contributed by atoms with Crippen LogP contribution >= 0.6 is 11.8 Å². The molecule has 6 nitrogen and oxygen atoms in total. The highest BCUT2D eigenvalue weighted by atomic mass is 32.2. The van der Waals surface area contributed by atoms with Gasteiger partial charge in [-0.2, -0.15) is 0 Å². The fourth-order valence-corrected chi connectivity index (χ4v) is 3.11. The van der Waals surface area contributed by atoms with Crippen LogP contribution in [0.4, 0.5) is 5.69 Å². The molecule has 1 heterocycles. The van der Waals surface area contributed by atoms with E-state index in [-0.39, 0.29) is 11.2 Å². The van der Waals surface area contributed by atoms with Crippen molar-refractivity contribution in [1.29, 1.82) is 0 Å². The van der Waals surface area contributed by atoms with E-state index >= 15 is 0 Å². The second-order valence-corrected chi connectivity index (χ2v) is 6.74. The normalized spacial score (nSPS) is 15.2. The Balaban J connectivity index is 1.64.